The van der Waals surface area contributed by atoms with Crippen molar-refractivity contribution in [1.82, 2.24) is 14.9 Å². The standard InChI is InChI=1S/C14H20FN3O3S/c1-14(2,3)21-13(19)18-6-4-11(5-7-18)22(20)12-16-8-10(15)9-17-12/h8-9,11H,4-7H2,1-3H3/t22-/m1/s1. The van der Waals surface area contributed by atoms with Crippen LogP contribution in [0.15, 0.2) is 17.6 Å². The molecule has 0 saturated carbocycles. The van der Waals surface area contributed by atoms with Gasteiger partial charge in [-0.3, -0.25) is 4.21 Å². The highest BCUT2D eigenvalue weighted by atomic mass is 32.2. The van der Waals surface area contributed by atoms with E-state index in [0.717, 1.165) is 12.4 Å². The Bertz CT molecular complexity index is 551. The van der Waals surface area contributed by atoms with Crippen LogP contribution >= 0.6 is 0 Å². The summed E-state index contributed by atoms with van der Waals surface area (Å²) >= 11 is 0. The summed E-state index contributed by atoms with van der Waals surface area (Å²) in [5.41, 5.74) is -0.529. The first-order valence-corrected chi connectivity index (χ1v) is 8.33. The van der Waals surface area contributed by atoms with Crippen LogP contribution in [0.25, 0.3) is 0 Å². The van der Waals surface area contributed by atoms with Gasteiger partial charge in [-0.15, -0.1) is 0 Å². The summed E-state index contributed by atoms with van der Waals surface area (Å²) in [6.45, 7) is 6.41. The number of aromatic nitrogens is 2. The van der Waals surface area contributed by atoms with Gasteiger partial charge in [-0.1, -0.05) is 0 Å². The van der Waals surface area contributed by atoms with Gasteiger partial charge < -0.3 is 9.64 Å². The van der Waals surface area contributed by atoms with Crippen molar-refractivity contribution < 1.29 is 18.1 Å². The molecule has 6 nitrogen and oxygen atoms in total. The molecule has 1 fully saturated rings. The molecule has 0 N–H and O–H groups in total. The number of carbonyl (C=O) groups excluding carboxylic acids is 1. The highest BCUT2D eigenvalue weighted by molar-refractivity contribution is 7.85. The van der Waals surface area contributed by atoms with Crippen LogP contribution in [0.2, 0.25) is 0 Å². The molecule has 1 aromatic heterocycles. The molecule has 0 unspecified atom stereocenters. The van der Waals surface area contributed by atoms with Gasteiger partial charge >= 0.3 is 6.09 Å². The smallest absolute Gasteiger partial charge is 0.410 e. The van der Waals surface area contributed by atoms with E-state index in [1.807, 2.05) is 20.8 Å². The number of likely N-dealkylation sites (tertiary alicyclic amines) is 1. The third-order valence-electron chi connectivity index (χ3n) is 3.17. The molecular formula is C14H20FN3O3S. The summed E-state index contributed by atoms with van der Waals surface area (Å²) in [5, 5.41) is 0.00117. The van der Waals surface area contributed by atoms with Gasteiger partial charge in [0, 0.05) is 18.3 Å². The van der Waals surface area contributed by atoms with Gasteiger partial charge in [0.1, 0.15) is 5.60 Å². The van der Waals surface area contributed by atoms with Crippen molar-refractivity contribution in [2.24, 2.45) is 0 Å². The van der Waals surface area contributed by atoms with Gasteiger partial charge in [0.05, 0.1) is 23.2 Å². The van der Waals surface area contributed by atoms with Crippen LogP contribution in [-0.4, -0.2) is 49.1 Å². The second kappa shape index (κ2) is 6.68. The van der Waals surface area contributed by atoms with Crippen LogP contribution in [-0.2, 0) is 15.5 Å². The lowest BCUT2D eigenvalue weighted by atomic mass is 10.1. The molecule has 1 aliphatic heterocycles. The van der Waals surface area contributed by atoms with Gasteiger partial charge in [-0.25, -0.2) is 19.2 Å². The van der Waals surface area contributed by atoms with Crippen molar-refractivity contribution in [2.45, 2.75) is 49.6 Å². The first-order chi connectivity index (χ1) is 10.3. The summed E-state index contributed by atoms with van der Waals surface area (Å²) in [6, 6.07) is 0. The van der Waals surface area contributed by atoms with Crippen LogP contribution in [0.4, 0.5) is 9.18 Å². The minimum absolute atomic E-state index is 0.135. The fraction of sp³-hybridized carbons (Fsp3) is 0.643. The summed E-state index contributed by atoms with van der Waals surface area (Å²) in [4.78, 5) is 21.1. The average molecular weight is 329 g/mol. The third kappa shape index (κ3) is 4.46. The summed E-state index contributed by atoms with van der Waals surface area (Å²) in [6.07, 6.45) is 2.82. The van der Waals surface area contributed by atoms with E-state index in [1.54, 1.807) is 4.90 Å². The van der Waals surface area contributed by atoms with Crippen molar-refractivity contribution in [3.63, 3.8) is 0 Å². The Labute approximate surface area is 131 Å². The van der Waals surface area contributed by atoms with Gasteiger partial charge in [-0.05, 0) is 33.6 Å². The average Bonchev–Trinajstić information content (AvgIpc) is 2.46. The normalized spacial score (nSPS) is 18.1. The molecule has 0 spiro atoms. The molecule has 1 aromatic rings. The SMILES string of the molecule is CC(C)(C)OC(=O)N1CCC([S@@](=O)c2ncc(F)cn2)CC1. The Balaban J connectivity index is 1.90. The minimum Gasteiger partial charge on any atom is -0.444 e. The molecular weight excluding hydrogens is 309 g/mol. The molecule has 2 rings (SSSR count). The molecule has 122 valence electrons. The topological polar surface area (TPSA) is 72.4 Å². The number of carbonyl (C=O) groups is 1. The number of amides is 1. The van der Waals surface area contributed by atoms with Gasteiger partial charge in [0.15, 0.2) is 5.82 Å². The Morgan fingerprint density at radius 1 is 1.32 bits per heavy atom. The van der Waals surface area contributed by atoms with Crippen molar-refractivity contribution in [3.05, 3.63) is 18.2 Å². The van der Waals surface area contributed by atoms with Crippen LogP contribution < -0.4 is 0 Å². The van der Waals surface area contributed by atoms with E-state index in [0.29, 0.717) is 25.9 Å². The second-order valence-corrected chi connectivity index (χ2v) is 7.77. The zero-order chi connectivity index (χ0) is 16.3. The van der Waals surface area contributed by atoms with Crippen molar-refractivity contribution in [2.75, 3.05) is 13.1 Å². The van der Waals surface area contributed by atoms with E-state index in [4.69, 9.17) is 4.74 Å². The minimum atomic E-state index is -1.39. The van der Waals surface area contributed by atoms with E-state index < -0.39 is 22.2 Å². The maximum Gasteiger partial charge on any atom is 0.410 e. The highest BCUT2D eigenvalue weighted by Gasteiger charge is 2.30. The number of rotatable bonds is 2. The third-order valence-corrected chi connectivity index (χ3v) is 4.82. The molecule has 1 amide bonds. The lowest BCUT2D eigenvalue weighted by molar-refractivity contribution is 0.0218. The maximum atomic E-state index is 12.8. The van der Waals surface area contributed by atoms with Gasteiger partial charge in [-0.2, -0.15) is 0 Å². The zero-order valence-corrected chi connectivity index (χ0v) is 13.7. The molecule has 0 bridgehead atoms. The van der Waals surface area contributed by atoms with E-state index in [-0.39, 0.29) is 16.5 Å². The van der Waals surface area contributed by atoms with Crippen LogP contribution in [0.1, 0.15) is 33.6 Å². The largest absolute Gasteiger partial charge is 0.444 e. The lowest BCUT2D eigenvalue weighted by Crippen LogP contribution is -2.43. The number of halogens is 1. The van der Waals surface area contributed by atoms with Crippen LogP contribution in [0.3, 0.4) is 0 Å². The van der Waals surface area contributed by atoms with Crippen molar-refractivity contribution in [1.29, 1.82) is 0 Å². The quantitative estimate of drug-likeness (QED) is 0.777. The Morgan fingerprint density at radius 2 is 1.86 bits per heavy atom. The predicted octanol–water partition coefficient (Wildman–Crippen LogP) is 2.12. The molecule has 2 heterocycles. The van der Waals surface area contributed by atoms with E-state index >= 15 is 0 Å². The molecule has 1 atom stereocenters. The van der Waals surface area contributed by atoms with Gasteiger partial charge in [0.2, 0.25) is 5.16 Å². The molecule has 1 aliphatic rings. The van der Waals surface area contributed by atoms with Crippen molar-refractivity contribution >= 4 is 16.9 Å². The van der Waals surface area contributed by atoms with E-state index in [2.05, 4.69) is 9.97 Å². The second-order valence-electron chi connectivity index (χ2n) is 6.15. The Kier molecular flexibility index (Phi) is 5.10. The molecule has 0 aromatic carbocycles. The molecule has 0 radical (unpaired) electrons. The first-order valence-electron chi connectivity index (χ1n) is 7.12. The lowest BCUT2D eigenvalue weighted by Gasteiger charge is -2.32. The van der Waals surface area contributed by atoms with Gasteiger partial charge in [0.25, 0.3) is 0 Å². The van der Waals surface area contributed by atoms with Crippen LogP contribution in [0, 0.1) is 5.82 Å². The monoisotopic (exact) mass is 329 g/mol. The fourth-order valence-electron chi connectivity index (χ4n) is 2.13. The number of hydrogen-bond donors (Lipinski definition) is 0. The Hall–Kier alpha value is -1.57. The van der Waals surface area contributed by atoms with Crippen LogP contribution in [0.5, 0.6) is 0 Å². The summed E-state index contributed by atoms with van der Waals surface area (Å²) in [5.74, 6) is -0.555. The number of piperidine rings is 1. The highest BCUT2D eigenvalue weighted by Crippen LogP contribution is 2.21. The zero-order valence-electron chi connectivity index (χ0n) is 12.9. The molecule has 22 heavy (non-hydrogen) atoms. The Morgan fingerprint density at radius 3 is 2.36 bits per heavy atom. The number of hydrogen-bond acceptors (Lipinski definition) is 5. The van der Waals surface area contributed by atoms with E-state index in [9.17, 15) is 13.4 Å². The van der Waals surface area contributed by atoms with Crippen molar-refractivity contribution in [3.8, 4) is 0 Å². The summed E-state index contributed by atoms with van der Waals surface area (Å²) < 4.78 is 30.4. The number of nitrogens with zero attached hydrogens (tertiary/aromatic N) is 3. The fourth-order valence-corrected chi connectivity index (χ4v) is 3.38. The molecule has 1 saturated heterocycles. The number of ether oxygens (including phenoxy) is 1. The maximum absolute atomic E-state index is 12.8. The first kappa shape index (κ1) is 16.8. The van der Waals surface area contributed by atoms with E-state index in [1.165, 1.54) is 0 Å². The predicted molar refractivity (Wildman–Crippen MR) is 79.2 cm³/mol. The molecule has 0 aliphatic carbocycles. The molecule has 8 heteroatoms. The summed E-state index contributed by atoms with van der Waals surface area (Å²) in [7, 11) is -1.39.